The molecule has 19 heavy (non-hydrogen) atoms. The summed E-state index contributed by atoms with van der Waals surface area (Å²) in [4.78, 5) is 2.42. The van der Waals surface area contributed by atoms with Gasteiger partial charge in [-0.3, -0.25) is 0 Å². The van der Waals surface area contributed by atoms with Gasteiger partial charge in [-0.05, 0) is 38.2 Å². The van der Waals surface area contributed by atoms with Gasteiger partial charge in [-0.15, -0.1) is 0 Å². The predicted molar refractivity (Wildman–Crippen MR) is 81.9 cm³/mol. The minimum absolute atomic E-state index is 0.748. The van der Waals surface area contributed by atoms with Crippen molar-refractivity contribution in [1.29, 1.82) is 0 Å². The van der Waals surface area contributed by atoms with Crippen molar-refractivity contribution in [1.82, 2.24) is 0 Å². The molecule has 106 valence electrons. The fourth-order valence-corrected chi connectivity index (χ4v) is 2.50. The number of benzene rings is 1. The summed E-state index contributed by atoms with van der Waals surface area (Å²) in [6.45, 7) is 7.23. The Hall–Kier alpha value is -1.38. The highest BCUT2D eigenvalue weighted by Crippen LogP contribution is 2.31. The molecule has 0 unspecified atom stereocenters. The summed E-state index contributed by atoms with van der Waals surface area (Å²) >= 11 is 0. The number of ether oxygens (including phenoxy) is 1. The standard InChI is InChI=1S/C16H26N2O/c1-3-8-19-16-10-14(17)9-15(11-16)18(4-2)12-13-6-5-7-13/h9-11,13H,3-8,12,17H2,1-2H3. The molecular weight excluding hydrogens is 236 g/mol. The number of nitrogen functional groups attached to an aromatic ring is 1. The molecule has 1 fully saturated rings. The molecule has 0 amide bonds. The van der Waals surface area contributed by atoms with Crippen LogP contribution in [0.2, 0.25) is 0 Å². The van der Waals surface area contributed by atoms with Crippen LogP contribution in [0.5, 0.6) is 5.75 Å². The summed E-state index contributed by atoms with van der Waals surface area (Å²) in [7, 11) is 0. The first kappa shape index (κ1) is 14.0. The zero-order valence-electron chi connectivity index (χ0n) is 12.2. The van der Waals surface area contributed by atoms with E-state index in [1.807, 2.05) is 6.07 Å². The Balaban J connectivity index is 2.08. The number of nitrogens with zero attached hydrogens (tertiary/aromatic N) is 1. The largest absolute Gasteiger partial charge is 0.493 e. The van der Waals surface area contributed by atoms with E-state index in [1.165, 1.54) is 24.9 Å². The second-order valence-electron chi connectivity index (χ2n) is 5.44. The molecule has 0 saturated heterocycles. The van der Waals surface area contributed by atoms with Gasteiger partial charge in [0.1, 0.15) is 5.75 Å². The maximum atomic E-state index is 5.99. The lowest BCUT2D eigenvalue weighted by Crippen LogP contribution is -2.32. The molecule has 1 aliphatic carbocycles. The summed E-state index contributed by atoms with van der Waals surface area (Å²) in [5.41, 5.74) is 7.98. The molecule has 1 aromatic carbocycles. The van der Waals surface area contributed by atoms with Gasteiger partial charge >= 0.3 is 0 Å². The van der Waals surface area contributed by atoms with Crippen LogP contribution in [0.3, 0.4) is 0 Å². The molecule has 0 atom stereocenters. The van der Waals surface area contributed by atoms with Crippen LogP contribution < -0.4 is 15.4 Å². The van der Waals surface area contributed by atoms with E-state index in [1.54, 1.807) is 0 Å². The van der Waals surface area contributed by atoms with E-state index in [0.29, 0.717) is 0 Å². The molecule has 0 bridgehead atoms. The van der Waals surface area contributed by atoms with Crippen molar-refractivity contribution in [3.05, 3.63) is 18.2 Å². The molecule has 1 saturated carbocycles. The predicted octanol–water partition coefficient (Wildman–Crippen LogP) is 3.68. The number of rotatable bonds is 7. The monoisotopic (exact) mass is 262 g/mol. The molecule has 0 aromatic heterocycles. The highest BCUT2D eigenvalue weighted by atomic mass is 16.5. The smallest absolute Gasteiger partial charge is 0.123 e. The van der Waals surface area contributed by atoms with Crippen LogP contribution in [-0.4, -0.2) is 19.7 Å². The van der Waals surface area contributed by atoms with Crippen molar-refractivity contribution < 1.29 is 4.74 Å². The van der Waals surface area contributed by atoms with Gasteiger partial charge in [-0.25, -0.2) is 0 Å². The second kappa shape index (κ2) is 6.69. The van der Waals surface area contributed by atoms with E-state index in [-0.39, 0.29) is 0 Å². The Labute approximate surface area is 116 Å². The van der Waals surface area contributed by atoms with Gasteiger partial charge in [0.05, 0.1) is 6.61 Å². The molecule has 1 aromatic rings. The zero-order chi connectivity index (χ0) is 13.7. The van der Waals surface area contributed by atoms with Gasteiger partial charge in [-0.1, -0.05) is 13.3 Å². The third-order valence-corrected chi connectivity index (χ3v) is 3.84. The average Bonchev–Trinajstić information content (AvgIpc) is 2.34. The zero-order valence-corrected chi connectivity index (χ0v) is 12.2. The summed E-state index contributed by atoms with van der Waals surface area (Å²) in [5, 5.41) is 0. The van der Waals surface area contributed by atoms with Crippen LogP contribution >= 0.6 is 0 Å². The van der Waals surface area contributed by atoms with Gasteiger partial charge in [-0.2, -0.15) is 0 Å². The van der Waals surface area contributed by atoms with E-state index in [9.17, 15) is 0 Å². The quantitative estimate of drug-likeness (QED) is 0.762. The van der Waals surface area contributed by atoms with Crippen LogP contribution in [0, 0.1) is 5.92 Å². The third-order valence-electron chi connectivity index (χ3n) is 3.84. The van der Waals surface area contributed by atoms with Crippen LogP contribution in [0.25, 0.3) is 0 Å². The van der Waals surface area contributed by atoms with Gasteiger partial charge in [0.15, 0.2) is 0 Å². The molecule has 0 heterocycles. The lowest BCUT2D eigenvalue weighted by Gasteiger charge is -2.33. The minimum atomic E-state index is 0.748. The topological polar surface area (TPSA) is 38.5 Å². The molecule has 2 rings (SSSR count). The maximum Gasteiger partial charge on any atom is 0.123 e. The van der Waals surface area contributed by atoms with E-state index >= 15 is 0 Å². The van der Waals surface area contributed by atoms with E-state index in [0.717, 1.165) is 43.5 Å². The van der Waals surface area contributed by atoms with Crippen LogP contribution in [0.1, 0.15) is 39.5 Å². The average molecular weight is 262 g/mol. The Morgan fingerprint density at radius 2 is 2.05 bits per heavy atom. The molecule has 0 aliphatic heterocycles. The van der Waals surface area contributed by atoms with Gasteiger partial charge < -0.3 is 15.4 Å². The highest BCUT2D eigenvalue weighted by molar-refractivity contribution is 5.60. The van der Waals surface area contributed by atoms with Gasteiger partial charge in [0, 0.05) is 36.6 Å². The SMILES string of the molecule is CCCOc1cc(N)cc(N(CC)CC2CCC2)c1. The van der Waals surface area contributed by atoms with Crippen molar-refractivity contribution >= 4 is 11.4 Å². The second-order valence-corrected chi connectivity index (χ2v) is 5.44. The Morgan fingerprint density at radius 3 is 2.63 bits per heavy atom. The van der Waals surface area contributed by atoms with Crippen molar-refractivity contribution in [3.8, 4) is 5.75 Å². The lowest BCUT2D eigenvalue weighted by molar-refractivity contribution is 0.314. The van der Waals surface area contributed by atoms with Crippen molar-refractivity contribution in [3.63, 3.8) is 0 Å². The molecule has 3 nitrogen and oxygen atoms in total. The highest BCUT2D eigenvalue weighted by Gasteiger charge is 2.20. The lowest BCUT2D eigenvalue weighted by atomic mass is 9.85. The van der Waals surface area contributed by atoms with Crippen LogP contribution in [0.15, 0.2) is 18.2 Å². The summed E-state index contributed by atoms with van der Waals surface area (Å²) in [6.07, 6.45) is 5.16. The van der Waals surface area contributed by atoms with Crippen molar-refractivity contribution in [2.24, 2.45) is 5.92 Å². The summed E-state index contributed by atoms with van der Waals surface area (Å²) < 4.78 is 5.71. The number of hydrogen-bond acceptors (Lipinski definition) is 3. The first-order valence-corrected chi connectivity index (χ1v) is 7.51. The molecular formula is C16H26N2O. The van der Waals surface area contributed by atoms with Crippen LogP contribution in [-0.2, 0) is 0 Å². The Morgan fingerprint density at radius 1 is 1.26 bits per heavy atom. The molecule has 0 spiro atoms. The van der Waals surface area contributed by atoms with Crippen molar-refractivity contribution in [2.45, 2.75) is 39.5 Å². The van der Waals surface area contributed by atoms with Gasteiger partial charge in [0.25, 0.3) is 0 Å². The third kappa shape index (κ3) is 3.79. The first-order valence-electron chi connectivity index (χ1n) is 7.51. The Bertz CT molecular complexity index is 402. The Kier molecular flexibility index (Phi) is 4.94. The minimum Gasteiger partial charge on any atom is -0.493 e. The van der Waals surface area contributed by atoms with E-state index in [2.05, 4.69) is 30.9 Å². The molecule has 2 N–H and O–H groups in total. The summed E-state index contributed by atoms with van der Waals surface area (Å²) in [5.74, 6) is 1.75. The molecule has 1 aliphatic rings. The fraction of sp³-hybridized carbons (Fsp3) is 0.625. The molecule has 0 radical (unpaired) electrons. The van der Waals surface area contributed by atoms with E-state index in [4.69, 9.17) is 10.5 Å². The number of nitrogens with two attached hydrogens (primary N) is 1. The normalized spacial score (nSPS) is 15.1. The summed E-state index contributed by atoms with van der Waals surface area (Å²) in [6, 6.07) is 6.09. The fourth-order valence-electron chi connectivity index (χ4n) is 2.50. The number of hydrogen-bond donors (Lipinski definition) is 1. The van der Waals surface area contributed by atoms with Crippen molar-refractivity contribution in [2.75, 3.05) is 30.3 Å². The van der Waals surface area contributed by atoms with Crippen LogP contribution in [0.4, 0.5) is 11.4 Å². The van der Waals surface area contributed by atoms with E-state index < -0.39 is 0 Å². The molecule has 3 heteroatoms. The first-order chi connectivity index (χ1) is 9.22. The number of anilines is 2. The van der Waals surface area contributed by atoms with Gasteiger partial charge in [0.2, 0.25) is 0 Å². The maximum absolute atomic E-state index is 5.99.